The van der Waals surface area contributed by atoms with E-state index in [0.717, 1.165) is 0 Å². The lowest BCUT2D eigenvalue weighted by atomic mass is 10.5. The Morgan fingerprint density at radius 3 is 1.75 bits per heavy atom. The van der Waals surface area contributed by atoms with Crippen molar-refractivity contribution in [3.63, 3.8) is 0 Å². The molecular formula is C4H8O4. The predicted octanol–water partition coefficient (Wildman–Crippen LogP) is -1.22. The van der Waals surface area contributed by atoms with E-state index < -0.39 is 6.10 Å². The predicted molar refractivity (Wildman–Crippen MR) is 23.8 cm³/mol. The van der Waals surface area contributed by atoms with Gasteiger partial charge in [0, 0.05) is 0 Å². The SMILES string of the molecule is CC(O)CO.O=C=O. The number of hydrogen-bond donors (Lipinski definition) is 2. The molecule has 0 aliphatic heterocycles. The van der Waals surface area contributed by atoms with Crippen molar-refractivity contribution in [3.05, 3.63) is 0 Å². The van der Waals surface area contributed by atoms with E-state index in [9.17, 15) is 0 Å². The van der Waals surface area contributed by atoms with Crippen molar-refractivity contribution in [1.29, 1.82) is 0 Å². The van der Waals surface area contributed by atoms with Crippen LogP contribution in [0.5, 0.6) is 0 Å². The van der Waals surface area contributed by atoms with Crippen LogP contribution in [0.25, 0.3) is 0 Å². The van der Waals surface area contributed by atoms with Gasteiger partial charge in [0.05, 0.1) is 12.7 Å². The fourth-order valence-electron chi connectivity index (χ4n) is 0. The van der Waals surface area contributed by atoms with E-state index in [0.29, 0.717) is 0 Å². The summed E-state index contributed by atoms with van der Waals surface area (Å²) in [4.78, 5) is 16.2. The molecule has 0 heterocycles. The Hall–Kier alpha value is -0.700. The van der Waals surface area contributed by atoms with Crippen molar-refractivity contribution in [2.24, 2.45) is 0 Å². The van der Waals surface area contributed by atoms with Gasteiger partial charge in [-0.15, -0.1) is 0 Å². The van der Waals surface area contributed by atoms with E-state index >= 15 is 0 Å². The zero-order valence-corrected chi connectivity index (χ0v) is 4.50. The molecule has 0 spiro atoms. The zero-order valence-electron chi connectivity index (χ0n) is 4.50. The Morgan fingerprint density at radius 2 is 1.75 bits per heavy atom. The van der Waals surface area contributed by atoms with Crippen molar-refractivity contribution in [3.8, 4) is 0 Å². The van der Waals surface area contributed by atoms with Crippen LogP contribution in [-0.2, 0) is 9.59 Å². The molecule has 0 saturated heterocycles. The molecule has 4 nitrogen and oxygen atoms in total. The number of rotatable bonds is 1. The lowest BCUT2D eigenvalue weighted by Crippen LogP contribution is -2.03. The Labute approximate surface area is 46.8 Å². The molecule has 0 aromatic carbocycles. The molecule has 0 aromatic heterocycles. The van der Waals surface area contributed by atoms with Crippen LogP contribution < -0.4 is 0 Å². The number of aliphatic hydroxyl groups excluding tert-OH is 2. The number of carbonyl (C=O) groups excluding carboxylic acids is 2. The summed E-state index contributed by atoms with van der Waals surface area (Å²) >= 11 is 0. The molecule has 0 amide bonds. The van der Waals surface area contributed by atoms with E-state index in [2.05, 4.69) is 0 Å². The summed E-state index contributed by atoms with van der Waals surface area (Å²) < 4.78 is 0. The molecule has 2 N–H and O–H groups in total. The Kier molecular flexibility index (Phi) is 12.3. The molecule has 4 heteroatoms. The van der Waals surface area contributed by atoms with Gasteiger partial charge in [0.1, 0.15) is 0 Å². The molecule has 0 saturated carbocycles. The summed E-state index contributed by atoms with van der Waals surface area (Å²) in [5.41, 5.74) is 0. The first-order chi connectivity index (χ1) is 3.68. The molecule has 0 aliphatic rings. The third-order valence-electron chi connectivity index (χ3n) is 0.264. The van der Waals surface area contributed by atoms with Crippen LogP contribution in [0.3, 0.4) is 0 Å². The molecule has 8 heavy (non-hydrogen) atoms. The normalized spacial score (nSPS) is 10.4. The van der Waals surface area contributed by atoms with Crippen LogP contribution in [0.15, 0.2) is 0 Å². The van der Waals surface area contributed by atoms with Crippen molar-refractivity contribution in [2.45, 2.75) is 13.0 Å². The summed E-state index contributed by atoms with van der Waals surface area (Å²) in [5, 5.41) is 16.0. The second-order valence-electron chi connectivity index (χ2n) is 1.11. The lowest BCUT2D eigenvalue weighted by molar-refractivity contribution is -0.191. The van der Waals surface area contributed by atoms with Crippen LogP contribution in [0.1, 0.15) is 6.92 Å². The Morgan fingerprint density at radius 1 is 1.62 bits per heavy atom. The summed E-state index contributed by atoms with van der Waals surface area (Å²) in [6.45, 7) is 1.39. The first kappa shape index (κ1) is 10.3. The minimum absolute atomic E-state index is 0.139. The largest absolute Gasteiger partial charge is 0.394 e. The second kappa shape index (κ2) is 9.57. The van der Waals surface area contributed by atoms with E-state index in [1.165, 1.54) is 6.92 Å². The quantitative estimate of drug-likeness (QED) is 0.454. The van der Waals surface area contributed by atoms with E-state index in [4.69, 9.17) is 19.8 Å². The van der Waals surface area contributed by atoms with Crippen molar-refractivity contribution < 1.29 is 19.8 Å². The van der Waals surface area contributed by atoms with Gasteiger partial charge in [-0.3, -0.25) is 0 Å². The highest BCUT2D eigenvalue weighted by atomic mass is 16.3. The van der Waals surface area contributed by atoms with Crippen molar-refractivity contribution in [2.75, 3.05) is 6.61 Å². The fourth-order valence-corrected chi connectivity index (χ4v) is 0. The molecule has 0 aliphatic carbocycles. The maximum Gasteiger partial charge on any atom is 0.373 e. The van der Waals surface area contributed by atoms with Gasteiger partial charge < -0.3 is 10.2 Å². The standard InChI is InChI=1S/C3H8O2.CO2/c1-3(5)2-4;2-1-3/h3-5H,2H2,1H3;. The molecule has 48 valence electrons. The molecule has 0 aromatic rings. The Bertz CT molecular complexity index is 62.4. The van der Waals surface area contributed by atoms with Crippen LogP contribution in [0.2, 0.25) is 0 Å². The van der Waals surface area contributed by atoms with Gasteiger partial charge in [-0.05, 0) is 6.92 Å². The second-order valence-corrected chi connectivity index (χ2v) is 1.11. The van der Waals surface area contributed by atoms with E-state index in [1.807, 2.05) is 0 Å². The summed E-state index contributed by atoms with van der Waals surface area (Å²) in [7, 11) is 0. The highest BCUT2D eigenvalue weighted by molar-refractivity contribution is 5.20. The molecule has 0 rings (SSSR count). The van der Waals surface area contributed by atoms with Crippen molar-refractivity contribution >= 4 is 6.15 Å². The minimum atomic E-state index is -0.560. The highest BCUT2D eigenvalue weighted by Crippen LogP contribution is 1.68. The lowest BCUT2D eigenvalue weighted by Gasteiger charge is -1.90. The van der Waals surface area contributed by atoms with Gasteiger partial charge in [-0.25, -0.2) is 0 Å². The van der Waals surface area contributed by atoms with Crippen LogP contribution in [-0.4, -0.2) is 29.1 Å². The average molecular weight is 120 g/mol. The Balaban J connectivity index is 0. The fraction of sp³-hybridized carbons (Fsp3) is 0.750. The first-order valence-electron chi connectivity index (χ1n) is 1.97. The molecule has 0 fully saturated rings. The third-order valence-corrected chi connectivity index (χ3v) is 0.264. The van der Waals surface area contributed by atoms with E-state index in [1.54, 1.807) is 0 Å². The van der Waals surface area contributed by atoms with Crippen LogP contribution in [0, 0.1) is 0 Å². The minimum Gasteiger partial charge on any atom is -0.394 e. The van der Waals surface area contributed by atoms with Gasteiger partial charge in [0.15, 0.2) is 0 Å². The topological polar surface area (TPSA) is 74.6 Å². The maximum absolute atomic E-state index is 8.12. The zero-order chi connectivity index (χ0) is 6.99. The average Bonchev–Trinajstić information content (AvgIpc) is 1.69. The van der Waals surface area contributed by atoms with Gasteiger partial charge in [-0.1, -0.05) is 0 Å². The third kappa shape index (κ3) is 58.0. The van der Waals surface area contributed by atoms with Crippen LogP contribution >= 0.6 is 0 Å². The summed E-state index contributed by atoms with van der Waals surface area (Å²) in [6, 6.07) is 0. The maximum atomic E-state index is 8.12. The number of aliphatic hydroxyl groups is 2. The van der Waals surface area contributed by atoms with Crippen molar-refractivity contribution in [1.82, 2.24) is 0 Å². The van der Waals surface area contributed by atoms with Gasteiger partial charge in [0.2, 0.25) is 0 Å². The molecule has 1 atom stereocenters. The number of hydrogen-bond acceptors (Lipinski definition) is 4. The molecule has 0 radical (unpaired) electrons. The van der Waals surface area contributed by atoms with Crippen LogP contribution in [0.4, 0.5) is 0 Å². The van der Waals surface area contributed by atoms with E-state index in [-0.39, 0.29) is 12.8 Å². The summed E-state index contributed by atoms with van der Waals surface area (Å²) in [5.74, 6) is 0. The smallest absolute Gasteiger partial charge is 0.373 e. The monoisotopic (exact) mass is 120 g/mol. The highest BCUT2D eigenvalue weighted by Gasteiger charge is 1.83. The van der Waals surface area contributed by atoms with Gasteiger partial charge >= 0.3 is 6.15 Å². The van der Waals surface area contributed by atoms with Gasteiger partial charge in [0.25, 0.3) is 0 Å². The molecular weight excluding hydrogens is 112 g/mol. The van der Waals surface area contributed by atoms with Gasteiger partial charge in [-0.2, -0.15) is 9.59 Å². The molecule has 1 unspecified atom stereocenters. The first-order valence-corrected chi connectivity index (χ1v) is 1.97. The molecule has 0 bridgehead atoms. The summed E-state index contributed by atoms with van der Waals surface area (Å²) in [6.07, 6.45) is -0.310.